The second-order valence-corrected chi connectivity index (χ2v) is 5.06. The predicted molar refractivity (Wildman–Crippen MR) is 78.3 cm³/mol. The molecule has 1 aliphatic rings. The van der Waals surface area contributed by atoms with Crippen LogP contribution in [0.1, 0.15) is 18.4 Å². The molecule has 20 heavy (non-hydrogen) atoms. The molecule has 1 N–H and O–H groups in total. The maximum Gasteiger partial charge on any atom is 0.151 e. The molecule has 0 radical (unpaired) electrons. The maximum atomic E-state index is 4.22. The highest BCUT2D eigenvalue weighted by atomic mass is 15.3. The van der Waals surface area contributed by atoms with E-state index >= 15 is 0 Å². The van der Waals surface area contributed by atoms with Crippen LogP contribution in [0.15, 0.2) is 42.9 Å². The van der Waals surface area contributed by atoms with Crippen molar-refractivity contribution in [2.75, 3.05) is 18.0 Å². The molecule has 0 saturated carbocycles. The molecule has 2 aromatic rings. The third kappa shape index (κ3) is 3.11. The summed E-state index contributed by atoms with van der Waals surface area (Å²) in [6, 6.07) is 8.55. The van der Waals surface area contributed by atoms with E-state index in [-0.39, 0.29) is 0 Å². The van der Waals surface area contributed by atoms with Gasteiger partial charge in [-0.25, -0.2) is 0 Å². The monoisotopic (exact) mass is 269 g/mol. The van der Waals surface area contributed by atoms with Gasteiger partial charge in [-0.15, -0.1) is 5.10 Å². The summed E-state index contributed by atoms with van der Waals surface area (Å²) in [4.78, 5) is 6.48. The molecular formula is C15H19N5. The summed E-state index contributed by atoms with van der Waals surface area (Å²) in [6.45, 7) is 2.89. The van der Waals surface area contributed by atoms with Crippen molar-refractivity contribution >= 4 is 5.82 Å². The third-order valence-corrected chi connectivity index (χ3v) is 3.66. The SMILES string of the molecule is c1cncc(CNCC2CCCN2c2cccnn2)c1. The Labute approximate surface area is 119 Å². The molecule has 1 atom stereocenters. The minimum Gasteiger partial charge on any atom is -0.351 e. The predicted octanol–water partition coefficient (Wildman–Crippen LogP) is 1.63. The largest absolute Gasteiger partial charge is 0.351 e. The van der Waals surface area contributed by atoms with E-state index in [4.69, 9.17) is 0 Å². The zero-order chi connectivity index (χ0) is 13.6. The quantitative estimate of drug-likeness (QED) is 0.894. The molecule has 0 amide bonds. The third-order valence-electron chi connectivity index (χ3n) is 3.66. The minimum atomic E-state index is 0.503. The minimum absolute atomic E-state index is 0.503. The van der Waals surface area contributed by atoms with Crippen LogP contribution in [-0.4, -0.2) is 34.3 Å². The van der Waals surface area contributed by atoms with Crippen LogP contribution < -0.4 is 10.2 Å². The van der Waals surface area contributed by atoms with Crippen LogP contribution in [0.25, 0.3) is 0 Å². The van der Waals surface area contributed by atoms with Gasteiger partial charge in [0.05, 0.1) is 0 Å². The highest BCUT2D eigenvalue weighted by Gasteiger charge is 2.25. The van der Waals surface area contributed by atoms with Crippen molar-refractivity contribution < 1.29 is 0 Å². The van der Waals surface area contributed by atoms with Crippen LogP contribution in [0, 0.1) is 0 Å². The molecule has 5 nitrogen and oxygen atoms in total. The van der Waals surface area contributed by atoms with Crippen molar-refractivity contribution in [2.24, 2.45) is 0 Å². The molecule has 1 aliphatic heterocycles. The molecule has 0 bridgehead atoms. The lowest BCUT2D eigenvalue weighted by atomic mass is 10.2. The zero-order valence-electron chi connectivity index (χ0n) is 11.4. The van der Waals surface area contributed by atoms with Crippen LogP contribution in [0.2, 0.25) is 0 Å². The summed E-state index contributed by atoms with van der Waals surface area (Å²) in [5.41, 5.74) is 1.22. The van der Waals surface area contributed by atoms with E-state index in [0.29, 0.717) is 6.04 Å². The van der Waals surface area contributed by atoms with E-state index in [1.54, 1.807) is 12.4 Å². The number of aromatic nitrogens is 3. The molecule has 5 heteroatoms. The average Bonchev–Trinajstić information content (AvgIpc) is 2.98. The van der Waals surface area contributed by atoms with Gasteiger partial charge in [0.2, 0.25) is 0 Å². The van der Waals surface area contributed by atoms with Gasteiger partial charge in [0.1, 0.15) is 0 Å². The summed E-state index contributed by atoms with van der Waals surface area (Å²) in [5, 5.41) is 11.7. The summed E-state index contributed by atoms with van der Waals surface area (Å²) in [7, 11) is 0. The second kappa shape index (κ2) is 6.43. The number of anilines is 1. The van der Waals surface area contributed by atoms with Gasteiger partial charge >= 0.3 is 0 Å². The van der Waals surface area contributed by atoms with Crippen LogP contribution in [0.4, 0.5) is 5.82 Å². The van der Waals surface area contributed by atoms with Crippen molar-refractivity contribution in [3.8, 4) is 0 Å². The first kappa shape index (κ1) is 13.0. The molecule has 3 heterocycles. The number of rotatable bonds is 5. The molecule has 0 aromatic carbocycles. The van der Waals surface area contributed by atoms with E-state index in [2.05, 4.69) is 31.5 Å². The first-order chi connectivity index (χ1) is 9.93. The fourth-order valence-corrected chi connectivity index (χ4v) is 2.68. The Hall–Kier alpha value is -2.01. The summed E-state index contributed by atoms with van der Waals surface area (Å²) in [6.07, 6.45) is 7.85. The molecule has 1 fully saturated rings. The highest BCUT2D eigenvalue weighted by Crippen LogP contribution is 2.22. The van der Waals surface area contributed by atoms with Crippen LogP contribution in [0.5, 0.6) is 0 Å². The van der Waals surface area contributed by atoms with Gasteiger partial charge < -0.3 is 10.2 Å². The normalized spacial score (nSPS) is 18.4. The molecule has 1 saturated heterocycles. The maximum absolute atomic E-state index is 4.22. The molecule has 3 rings (SSSR count). The van der Waals surface area contributed by atoms with Crippen molar-refractivity contribution in [2.45, 2.75) is 25.4 Å². The molecular weight excluding hydrogens is 250 g/mol. The summed E-state index contributed by atoms with van der Waals surface area (Å²) >= 11 is 0. The molecule has 104 valence electrons. The van der Waals surface area contributed by atoms with Crippen LogP contribution in [-0.2, 0) is 6.54 Å². The van der Waals surface area contributed by atoms with E-state index in [1.165, 1.54) is 18.4 Å². The standard InChI is InChI=1S/C15H19N5/c1-4-13(10-16-7-1)11-17-12-14-5-3-9-20(14)15-6-2-8-18-19-15/h1-2,4,6-8,10,14,17H,3,5,9,11-12H2. The Kier molecular flexibility index (Phi) is 4.18. The lowest BCUT2D eigenvalue weighted by Crippen LogP contribution is -2.38. The van der Waals surface area contributed by atoms with Gasteiger partial charge in [-0.05, 0) is 36.6 Å². The van der Waals surface area contributed by atoms with Gasteiger partial charge in [0, 0.05) is 44.3 Å². The van der Waals surface area contributed by atoms with Gasteiger partial charge in [0.25, 0.3) is 0 Å². The van der Waals surface area contributed by atoms with Gasteiger partial charge in [-0.3, -0.25) is 4.98 Å². The van der Waals surface area contributed by atoms with Crippen LogP contribution >= 0.6 is 0 Å². The number of pyridine rings is 1. The van der Waals surface area contributed by atoms with Crippen LogP contribution in [0.3, 0.4) is 0 Å². The van der Waals surface area contributed by atoms with Gasteiger partial charge in [-0.1, -0.05) is 6.07 Å². The van der Waals surface area contributed by atoms with E-state index in [9.17, 15) is 0 Å². The fourth-order valence-electron chi connectivity index (χ4n) is 2.68. The summed E-state index contributed by atoms with van der Waals surface area (Å²) < 4.78 is 0. The Morgan fingerprint density at radius 3 is 3.00 bits per heavy atom. The van der Waals surface area contributed by atoms with Gasteiger partial charge in [-0.2, -0.15) is 5.10 Å². The molecule has 2 aromatic heterocycles. The number of hydrogen-bond acceptors (Lipinski definition) is 5. The second-order valence-electron chi connectivity index (χ2n) is 5.06. The summed E-state index contributed by atoms with van der Waals surface area (Å²) in [5.74, 6) is 0.984. The topological polar surface area (TPSA) is 53.9 Å². The highest BCUT2D eigenvalue weighted by molar-refractivity contribution is 5.39. The first-order valence-electron chi connectivity index (χ1n) is 7.07. The Balaban J connectivity index is 1.54. The first-order valence-corrected chi connectivity index (χ1v) is 7.07. The average molecular weight is 269 g/mol. The van der Waals surface area contributed by atoms with Crippen molar-refractivity contribution in [3.63, 3.8) is 0 Å². The molecule has 0 aliphatic carbocycles. The lowest BCUT2D eigenvalue weighted by Gasteiger charge is -2.25. The van der Waals surface area contributed by atoms with Crippen molar-refractivity contribution in [1.29, 1.82) is 0 Å². The van der Waals surface area contributed by atoms with Crippen molar-refractivity contribution in [1.82, 2.24) is 20.5 Å². The molecule has 0 spiro atoms. The number of nitrogens with one attached hydrogen (secondary N) is 1. The van der Waals surface area contributed by atoms with Gasteiger partial charge in [0.15, 0.2) is 5.82 Å². The van der Waals surface area contributed by atoms with E-state index in [1.807, 2.05) is 24.4 Å². The zero-order valence-corrected chi connectivity index (χ0v) is 11.4. The Morgan fingerprint density at radius 2 is 2.20 bits per heavy atom. The van der Waals surface area contributed by atoms with E-state index in [0.717, 1.165) is 25.5 Å². The number of nitrogens with zero attached hydrogens (tertiary/aromatic N) is 4. The number of hydrogen-bond donors (Lipinski definition) is 1. The Morgan fingerprint density at radius 1 is 1.25 bits per heavy atom. The molecule has 1 unspecified atom stereocenters. The van der Waals surface area contributed by atoms with E-state index < -0.39 is 0 Å². The van der Waals surface area contributed by atoms with Crippen molar-refractivity contribution in [3.05, 3.63) is 48.4 Å². The fraction of sp³-hybridized carbons (Fsp3) is 0.400. The lowest BCUT2D eigenvalue weighted by molar-refractivity contribution is 0.569. The Bertz CT molecular complexity index is 516. The smallest absolute Gasteiger partial charge is 0.151 e.